The summed E-state index contributed by atoms with van der Waals surface area (Å²) in [4.78, 5) is 14.6. The fraction of sp³-hybridized carbons (Fsp3) is 0. The summed E-state index contributed by atoms with van der Waals surface area (Å²) in [6.45, 7) is 0. The summed E-state index contributed by atoms with van der Waals surface area (Å²) in [5.74, 6) is -0.700. The molecule has 1 heterocycles. The Bertz CT molecular complexity index is 566. The third kappa shape index (κ3) is 2.16. The molecule has 0 aliphatic rings. The Hall–Kier alpha value is -1.45. The third-order valence-electron chi connectivity index (χ3n) is 2.29. The molecular weight excluding hydrogens is 264 g/mol. The normalized spacial score (nSPS) is 10.3. The zero-order valence-electron chi connectivity index (χ0n) is 8.45. The van der Waals surface area contributed by atoms with E-state index in [1.165, 1.54) is 6.20 Å². The number of rotatable bonds is 2. The Morgan fingerprint density at radius 2 is 1.82 bits per heavy atom. The van der Waals surface area contributed by atoms with Gasteiger partial charge in [0.15, 0.2) is 12.1 Å². The summed E-state index contributed by atoms with van der Waals surface area (Å²) < 4.78 is 13.4. The molecule has 0 fully saturated rings. The van der Waals surface area contributed by atoms with E-state index in [1.54, 1.807) is 18.2 Å². The van der Waals surface area contributed by atoms with Gasteiger partial charge in [-0.3, -0.25) is 9.78 Å². The number of carbonyl (C=O) groups excluding carboxylic acids is 1. The minimum atomic E-state index is -0.700. The highest BCUT2D eigenvalue weighted by Gasteiger charge is 2.15. The number of benzene rings is 1. The van der Waals surface area contributed by atoms with E-state index >= 15 is 0 Å². The Kier molecular flexibility index (Phi) is 3.41. The monoisotopic (exact) mass is 269 g/mol. The maximum absolute atomic E-state index is 13.4. The van der Waals surface area contributed by atoms with Crippen LogP contribution in [0.2, 0.25) is 10.0 Å². The summed E-state index contributed by atoms with van der Waals surface area (Å²) in [5, 5.41) is 0.681. The maximum atomic E-state index is 13.4. The van der Waals surface area contributed by atoms with Crippen molar-refractivity contribution in [3.63, 3.8) is 0 Å². The molecule has 0 aliphatic heterocycles. The number of nitrogens with zero attached hydrogens (tertiary/aromatic N) is 1. The van der Waals surface area contributed by atoms with Crippen LogP contribution >= 0.6 is 23.2 Å². The van der Waals surface area contributed by atoms with Gasteiger partial charge in [0.2, 0.25) is 0 Å². The fourth-order valence-electron chi connectivity index (χ4n) is 1.52. The van der Waals surface area contributed by atoms with Crippen LogP contribution in [-0.2, 0) is 0 Å². The number of carbonyl (C=O) groups is 1. The smallest absolute Gasteiger partial charge is 0.153 e. The summed E-state index contributed by atoms with van der Waals surface area (Å²) >= 11 is 12.0. The van der Waals surface area contributed by atoms with Crippen molar-refractivity contribution in [1.82, 2.24) is 4.98 Å². The molecule has 0 spiro atoms. The molecule has 0 N–H and O–H groups in total. The van der Waals surface area contributed by atoms with Crippen LogP contribution in [-0.4, -0.2) is 11.3 Å². The van der Waals surface area contributed by atoms with Gasteiger partial charge in [0.05, 0.1) is 11.8 Å². The van der Waals surface area contributed by atoms with Crippen LogP contribution < -0.4 is 0 Å². The van der Waals surface area contributed by atoms with Crippen molar-refractivity contribution in [3.05, 3.63) is 52.0 Å². The second-order valence-electron chi connectivity index (χ2n) is 3.30. The van der Waals surface area contributed by atoms with Crippen molar-refractivity contribution in [2.75, 3.05) is 0 Å². The van der Waals surface area contributed by atoms with Crippen molar-refractivity contribution < 1.29 is 9.18 Å². The van der Waals surface area contributed by atoms with Gasteiger partial charge in [-0.2, -0.15) is 0 Å². The fourth-order valence-corrected chi connectivity index (χ4v) is 2.12. The van der Waals surface area contributed by atoms with Gasteiger partial charge in [0.25, 0.3) is 0 Å². The van der Waals surface area contributed by atoms with Crippen LogP contribution in [0.3, 0.4) is 0 Å². The SMILES string of the molecule is O=Cc1c(F)cncc1-c1c(Cl)cccc1Cl. The van der Waals surface area contributed by atoms with Crippen LogP contribution in [0.4, 0.5) is 4.39 Å². The summed E-state index contributed by atoms with van der Waals surface area (Å²) in [6, 6.07) is 4.89. The Morgan fingerprint density at radius 1 is 1.18 bits per heavy atom. The average molecular weight is 270 g/mol. The molecule has 2 rings (SSSR count). The lowest BCUT2D eigenvalue weighted by Crippen LogP contribution is -1.95. The number of aldehydes is 1. The van der Waals surface area contributed by atoms with Crippen molar-refractivity contribution in [1.29, 1.82) is 0 Å². The second-order valence-corrected chi connectivity index (χ2v) is 4.11. The molecule has 86 valence electrons. The van der Waals surface area contributed by atoms with Crippen molar-refractivity contribution >= 4 is 29.5 Å². The first-order valence-electron chi connectivity index (χ1n) is 4.68. The molecule has 0 bridgehead atoms. The lowest BCUT2D eigenvalue weighted by molar-refractivity contribution is 0.112. The summed E-state index contributed by atoms with van der Waals surface area (Å²) in [5.41, 5.74) is 0.593. The largest absolute Gasteiger partial charge is 0.298 e. The van der Waals surface area contributed by atoms with Gasteiger partial charge in [0.1, 0.15) is 0 Å². The second kappa shape index (κ2) is 4.82. The standard InChI is InChI=1S/C12H6Cl2FNO/c13-9-2-1-3-10(14)12(9)7-4-16-5-11(15)8(7)6-17/h1-6H. The summed E-state index contributed by atoms with van der Waals surface area (Å²) in [7, 11) is 0. The topological polar surface area (TPSA) is 30.0 Å². The highest BCUT2D eigenvalue weighted by Crippen LogP contribution is 2.36. The van der Waals surface area contributed by atoms with Crippen LogP contribution in [0.15, 0.2) is 30.6 Å². The van der Waals surface area contributed by atoms with E-state index in [0.717, 1.165) is 6.20 Å². The van der Waals surface area contributed by atoms with E-state index in [1.807, 2.05) is 0 Å². The lowest BCUT2D eigenvalue weighted by Gasteiger charge is -2.09. The molecule has 0 radical (unpaired) electrons. The summed E-state index contributed by atoms with van der Waals surface area (Å²) in [6.07, 6.45) is 2.75. The van der Waals surface area contributed by atoms with Gasteiger partial charge >= 0.3 is 0 Å². The van der Waals surface area contributed by atoms with E-state index in [-0.39, 0.29) is 11.1 Å². The molecule has 0 aliphatic carbocycles. The maximum Gasteiger partial charge on any atom is 0.153 e. The molecule has 17 heavy (non-hydrogen) atoms. The van der Waals surface area contributed by atoms with Crippen LogP contribution in [0.25, 0.3) is 11.1 Å². The average Bonchev–Trinajstić information content (AvgIpc) is 2.29. The Morgan fingerprint density at radius 3 is 2.41 bits per heavy atom. The van der Waals surface area contributed by atoms with Gasteiger partial charge in [-0.15, -0.1) is 0 Å². The first-order valence-corrected chi connectivity index (χ1v) is 5.44. The Balaban J connectivity index is 2.77. The van der Waals surface area contributed by atoms with E-state index in [2.05, 4.69) is 4.98 Å². The molecule has 5 heteroatoms. The predicted octanol–water partition coefficient (Wildman–Crippen LogP) is 4.01. The minimum Gasteiger partial charge on any atom is -0.298 e. The van der Waals surface area contributed by atoms with Gasteiger partial charge in [-0.25, -0.2) is 4.39 Å². The minimum absolute atomic E-state index is 0.102. The third-order valence-corrected chi connectivity index (χ3v) is 2.92. The molecule has 1 aromatic heterocycles. The molecule has 0 atom stereocenters. The van der Waals surface area contributed by atoms with Crippen LogP contribution in [0, 0.1) is 5.82 Å². The first-order chi connectivity index (χ1) is 8.15. The van der Waals surface area contributed by atoms with Crippen molar-refractivity contribution in [2.24, 2.45) is 0 Å². The highest BCUT2D eigenvalue weighted by atomic mass is 35.5. The van der Waals surface area contributed by atoms with E-state index in [0.29, 0.717) is 21.9 Å². The quantitative estimate of drug-likeness (QED) is 0.772. The molecule has 0 unspecified atom stereocenters. The van der Waals surface area contributed by atoms with Crippen molar-refractivity contribution in [3.8, 4) is 11.1 Å². The van der Waals surface area contributed by atoms with Crippen LogP contribution in [0.1, 0.15) is 10.4 Å². The molecule has 2 aromatic rings. The highest BCUT2D eigenvalue weighted by molar-refractivity contribution is 6.39. The first kappa shape index (κ1) is 12.0. The lowest BCUT2D eigenvalue weighted by atomic mass is 10.0. The van der Waals surface area contributed by atoms with Gasteiger partial charge in [-0.1, -0.05) is 29.3 Å². The molecular formula is C12H6Cl2FNO. The molecule has 2 nitrogen and oxygen atoms in total. The molecule has 0 saturated carbocycles. The van der Waals surface area contributed by atoms with Crippen LogP contribution in [0.5, 0.6) is 0 Å². The number of hydrogen-bond donors (Lipinski definition) is 0. The van der Waals surface area contributed by atoms with E-state index < -0.39 is 5.82 Å². The van der Waals surface area contributed by atoms with Gasteiger partial charge in [0, 0.05) is 27.4 Å². The van der Waals surface area contributed by atoms with Gasteiger partial charge < -0.3 is 0 Å². The van der Waals surface area contributed by atoms with Crippen molar-refractivity contribution in [2.45, 2.75) is 0 Å². The molecule has 1 aromatic carbocycles. The zero-order valence-corrected chi connectivity index (χ0v) is 9.97. The predicted molar refractivity (Wildman–Crippen MR) is 65.0 cm³/mol. The molecule has 0 saturated heterocycles. The Labute approximate surface area is 107 Å². The molecule has 0 amide bonds. The zero-order chi connectivity index (χ0) is 12.4. The van der Waals surface area contributed by atoms with Gasteiger partial charge in [-0.05, 0) is 12.1 Å². The number of halogens is 3. The number of aromatic nitrogens is 1. The van der Waals surface area contributed by atoms with E-state index in [9.17, 15) is 9.18 Å². The van der Waals surface area contributed by atoms with E-state index in [4.69, 9.17) is 23.2 Å². The number of pyridine rings is 1. The number of hydrogen-bond acceptors (Lipinski definition) is 2.